The maximum atomic E-state index is 6.18. The van der Waals surface area contributed by atoms with Gasteiger partial charge in [-0.3, -0.25) is 0 Å². The number of nitrogens with zero attached hydrogens (tertiary/aromatic N) is 4. The second-order valence-electron chi connectivity index (χ2n) is 12.5. The molecule has 0 N–H and O–H groups in total. The van der Waals surface area contributed by atoms with Gasteiger partial charge in [-0.2, -0.15) is 0 Å². The first kappa shape index (κ1) is 28.2. The van der Waals surface area contributed by atoms with Gasteiger partial charge in [-0.05, 0) is 42.0 Å². The molecule has 234 valence electrons. The molecule has 3 heterocycles. The number of hydrogen-bond acceptors (Lipinski definition) is 4. The van der Waals surface area contributed by atoms with Crippen molar-refractivity contribution in [3.8, 4) is 51.0 Å². The first-order valence-electron chi connectivity index (χ1n) is 16.7. The van der Waals surface area contributed by atoms with E-state index in [1.807, 2.05) is 72.8 Å². The van der Waals surface area contributed by atoms with Crippen molar-refractivity contribution in [2.45, 2.75) is 0 Å². The highest BCUT2D eigenvalue weighted by Crippen LogP contribution is 2.41. The van der Waals surface area contributed by atoms with Crippen LogP contribution in [0.4, 0.5) is 0 Å². The molecule has 3 aromatic heterocycles. The summed E-state index contributed by atoms with van der Waals surface area (Å²) in [5.41, 5.74) is 10.2. The molecule has 7 aromatic carbocycles. The molecule has 10 rings (SSSR count). The number of rotatable bonds is 5. The number of hydrogen-bond donors (Lipinski definition) is 0. The number of benzene rings is 7. The summed E-state index contributed by atoms with van der Waals surface area (Å²) in [5, 5.41) is 4.56. The third-order valence-corrected chi connectivity index (χ3v) is 9.45. The van der Waals surface area contributed by atoms with Crippen molar-refractivity contribution < 1.29 is 4.42 Å². The van der Waals surface area contributed by atoms with Crippen LogP contribution in [-0.4, -0.2) is 19.5 Å². The summed E-state index contributed by atoms with van der Waals surface area (Å²) in [6, 6.07) is 58.7. The molecule has 0 atom stereocenters. The van der Waals surface area contributed by atoms with Crippen LogP contribution in [-0.2, 0) is 0 Å². The van der Waals surface area contributed by atoms with Crippen LogP contribution >= 0.6 is 0 Å². The van der Waals surface area contributed by atoms with E-state index in [1.165, 1.54) is 5.39 Å². The SMILES string of the molecule is c1ccc(-c2nc(-c3ccccc3)nc(-c3ccc4c5cccc(-c6ccc7oc8ccccc8c7c6)c5n(-c5ccccc5)c4c3)n2)cc1. The quantitative estimate of drug-likeness (QED) is 0.188. The van der Waals surface area contributed by atoms with E-state index in [1.54, 1.807) is 0 Å². The van der Waals surface area contributed by atoms with Crippen LogP contribution < -0.4 is 0 Å². The third-order valence-electron chi connectivity index (χ3n) is 9.45. The largest absolute Gasteiger partial charge is 0.456 e. The molecule has 0 aliphatic heterocycles. The highest BCUT2D eigenvalue weighted by Gasteiger charge is 2.20. The highest BCUT2D eigenvalue weighted by molar-refractivity contribution is 6.15. The van der Waals surface area contributed by atoms with Gasteiger partial charge in [0.2, 0.25) is 0 Å². The average molecular weight is 641 g/mol. The molecule has 0 radical (unpaired) electrons. The Balaban J connectivity index is 1.23. The molecule has 0 fully saturated rings. The molecule has 10 aromatic rings. The Hall–Kier alpha value is -6.85. The topological polar surface area (TPSA) is 56.7 Å². The fourth-order valence-corrected chi connectivity index (χ4v) is 7.12. The van der Waals surface area contributed by atoms with Gasteiger partial charge in [0, 0.05) is 49.5 Å². The Kier molecular flexibility index (Phi) is 6.42. The maximum absolute atomic E-state index is 6.18. The van der Waals surface area contributed by atoms with Crippen LogP contribution in [0.3, 0.4) is 0 Å². The van der Waals surface area contributed by atoms with Crippen LogP contribution in [0.15, 0.2) is 174 Å². The summed E-state index contributed by atoms with van der Waals surface area (Å²) in [4.78, 5) is 15.0. The molecule has 50 heavy (non-hydrogen) atoms. The highest BCUT2D eigenvalue weighted by atomic mass is 16.3. The van der Waals surface area contributed by atoms with Gasteiger partial charge in [-0.25, -0.2) is 15.0 Å². The van der Waals surface area contributed by atoms with Crippen molar-refractivity contribution in [2.24, 2.45) is 0 Å². The van der Waals surface area contributed by atoms with E-state index in [4.69, 9.17) is 19.4 Å². The lowest BCUT2D eigenvalue weighted by molar-refractivity contribution is 0.669. The molecule has 5 heteroatoms. The van der Waals surface area contributed by atoms with Crippen LogP contribution in [0.5, 0.6) is 0 Å². The molecule has 0 aliphatic carbocycles. The fraction of sp³-hybridized carbons (Fsp3) is 0. The van der Waals surface area contributed by atoms with Gasteiger partial charge in [0.25, 0.3) is 0 Å². The van der Waals surface area contributed by atoms with Crippen molar-refractivity contribution in [2.75, 3.05) is 0 Å². The third kappa shape index (κ3) is 4.60. The molecular formula is C45H28N4O. The van der Waals surface area contributed by atoms with Gasteiger partial charge in [-0.1, -0.05) is 133 Å². The van der Waals surface area contributed by atoms with Crippen LogP contribution in [0.1, 0.15) is 0 Å². The van der Waals surface area contributed by atoms with Crippen LogP contribution in [0.2, 0.25) is 0 Å². The van der Waals surface area contributed by atoms with Gasteiger partial charge in [0.1, 0.15) is 11.2 Å². The standard InChI is InChI=1S/C45H28N4O/c1-4-13-29(14-5-1)43-46-44(30-15-6-2-7-16-30)48-45(47-43)32-23-25-35-37-21-12-20-34(42(37)49(39(35)28-32)33-17-8-3-9-18-33)31-24-26-41-38(27-31)36-19-10-11-22-40(36)50-41/h1-28H. The van der Waals surface area contributed by atoms with Crippen LogP contribution in [0, 0.1) is 0 Å². The number of para-hydroxylation sites is 3. The molecule has 0 aliphatic rings. The lowest BCUT2D eigenvalue weighted by atomic mass is 9.99. The smallest absolute Gasteiger partial charge is 0.164 e. The zero-order chi connectivity index (χ0) is 33.0. The summed E-state index contributed by atoms with van der Waals surface area (Å²) < 4.78 is 8.55. The summed E-state index contributed by atoms with van der Waals surface area (Å²) in [7, 11) is 0. The first-order valence-corrected chi connectivity index (χ1v) is 16.7. The Labute approximate surface area is 287 Å². The second-order valence-corrected chi connectivity index (χ2v) is 12.5. The minimum atomic E-state index is 0.627. The van der Waals surface area contributed by atoms with E-state index in [0.29, 0.717) is 17.5 Å². The van der Waals surface area contributed by atoms with Gasteiger partial charge in [-0.15, -0.1) is 0 Å². The molecule has 0 unspecified atom stereocenters. The lowest BCUT2D eigenvalue weighted by Gasteiger charge is -2.12. The average Bonchev–Trinajstić information content (AvgIpc) is 3.74. The lowest BCUT2D eigenvalue weighted by Crippen LogP contribution is -2.00. The number of furan rings is 1. The van der Waals surface area contributed by atoms with Crippen molar-refractivity contribution >= 4 is 43.7 Å². The zero-order valence-corrected chi connectivity index (χ0v) is 26.9. The predicted octanol–water partition coefficient (Wildman–Crippen LogP) is 11.5. The molecule has 5 nitrogen and oxygen atoms in total. The van der Waals surface area contributed by atoms with Gasteiger partial charge >= 0.3 is 0 Å². The summed E-state index contributed by atoms with van der Waals surface area (Å²) in [5.74, 6) is 1.91. The van der Waals surface area contributed by atoms with Crippen molar-refractivity contribution in [1.29, 1.82) is 0 Å². The molecule has 0 saturated carbocycles. The predicted molar refractivity (Wildman–Crippen MR) is 203 cm³/mol. The minimum Gasteiger partial charge on any atom is -0.456 e. The molecular weight excluding hydrogens is 613 g/mol. The van der Waals surface area contributed by atoms with E-state index >= 15 is 0 Å². The summed E-state index contributed by atoms with van der Waals surface area (Å²) >= 11 is 0. The van der Waals surface area contributed by atoms with Gasteiger partial charge in [0.05, 0.1) is 11.0 Å². The summed E-state index contributed by atoms with van der Waals surface area (Å²) in [6.45, 7) is 0. The molecule has 0 saturated heterocycles. The molecule has 0 spiro atoms. The van der Waals surface area contributed by atoms with E-state index in [-0.39, 0.29) is 0 Å². The zero-order valence-electron chi connectivity index (χ0n) is 26.9. The fourth-order valence-electron chi connectivity index (χ4n) is 7.12. The Bertz CT molecular complexity index is 2800. The van der Waals surface area contributed by atoms with Crippen molar-refractivity contribution in [3.63, 3.8) is 0 Å². The number of fused-ring (bicyclic) bond motifs is 6. The van der Waals surface area contributed by atoms with E-state index in [2.05, 4.69) is 102 Å². The monoisotopic (exact) mass is 640 g/mol. The first-order chi connectivity index (χ1) is 24.8. The Morgan fingerprint density at radius 3 is 1.68 bits per heavy atom. The van der Waals surface area contributed by atoms with E-state index < -0.39 is 0 Å². The van der Waals surface area contributed by atoms with Crippen molar-refractivity contribution in [3.05, 3.63) is 170 Å². The van der Waals surface area contributed by atoms with Gasteiger partial charge < -0.3 is 8.98 Å². The number of aromatic nitrogens is 4. The van der Waals surface area contributed by atoms with Gasteiger partial charge in [0.15, 0.2) is 17.5 Å². The molecule has 0 amide bonds. The van der Waals surface area contributed by atoms with Crippen molar-refractivity contribution in [1.82, 2.24) is 19.5 Å². The minimum absolute atomic E-state index is 0.627. The second kappa shape index (κ2) is 11.4. The maximum Gasteiger partial charge on any atom is 0.164 e. The normalized spacial score (nSPS) is 11.6. The summed E-state index contributed by atoms with van der Waals surface area (Å²) in [6.07, 6.45) is 0. The van der Waals surface area contributed by atoms with E-state index in [0.717, 1.165) is 71.9 Å². The van der Waals surface area contributed by atoms with E-state index in [9.17, 15) is 0 Å². The Morgan fingerprint density at radius 2 is 0.960 bits per heavy atom. The molecule has 0 bridgehead atoms. The Morgan fingerprint density at radius 1 is 0.380 bits per heavy atom. The van der Waals surface area contributed by atoms with Crippen LogP contribution in [0.25, 0.3) is 94.7 Å².